The van der Waals surface area contributed by atoms with Crippen molar-refractivity contribution in [2.75, 3.05) is 0 Å². The summed E-state index contributed by atoms with van der Waals surface area (Å²) >= 11 is 0. The zero-order valence-electron chi connectivity index (χ0n) is 21.0. The third-order valence-electron chi connectivity index (χ3n) is 6.69. The maximum atomic E-state index is 14.5. The van der Waals surface area contributed by atoms with Crippen LogP contribution in [0, 0.1) is 0 Å². The van der Waals surface area contributed by atoms with E-state index in [1.807, 2.05) is 115 Å². The largest absolute Gasteiger partial charge is 0.314 e. The summed E-state index contributed by atoms with van der Waals surface area (Å²) in [5.74, 6) is -1.08. The van der Waals surface area contributed by atoms with Crippen molar-refractivity contribution in [2.24, 2.45) is 0 Å². The van der Waals surface area contributed by atoms with Crippen LogP contribution in [0.5, 0.6) is 0 Å². The molecule has 4 heteroatoms. The number of rotatable bonds is 9. The number of hydrogen-bond acceptors (Lipinski definition) is 2. The van der Waals surface area contributed by atoms with Crippen LogP contribution < -0.4 is 21.2 Å². The van der Waals surface area contributed by atoms with Crippen molar-refractivity contribution in [3.8, 4) is 0 Å². The third-order valence-corrected chi connectivity index (χ3v) is 11.2. The van der Waals surface area contributed by atoms with Crippen LogP contribution in [-0.4, -0.2) is 17.5 Å². The first-order valence-electron chi connectivity index (χ1n) is 12.7. The molecule has 0 aliphatic carbocycles. The first-order chi connectivity index (χ1) is 18.7. The molecule has 1 N–H and O–H groups in total. The number of carbonyl (C=O) groups excluding carboxylic acids is 2. The van der Waals surface area contributed by atoms with Crippen LogP contribution in [0.2, 0.25) is 0 Å². The summed E-state index contributed by atoms with van der Waals surface area (Å²) in [6, 6.07) is 49.4. The van der Waals surface area contributed by atoms with Gasteiger partial charge in [0.25, 0.3) is 0 Å². The van der Waals surface area contributed by atoms with E-state index in [9.17, 15) is 9.59 Å². The lowest BCUT2D eigenvalue weighted by Crippen LogP contribution is -2.51. The molecule has 0 spiro atoms. The Bertz CT molecular complexity index is 1380. The van der Waals surface area contributed by atoms with Gasteiger partial charge in [0.05, 0.1) is 6.42 Å². The molecule has 5 aromatic carbocycles. The molecule has 1 amide bonds. The van der Waals surface area contributed by atoms with Crippen molar-refractivity contribution < 1.29 is 9.59 Å². The van der Waals surface area contributed by atoms with E-state index in [1.165, 1.54) is 0 Å². The molecular weight excluding hydrogens is 485 g/mol. The third kappa shape index (κ3) is 5.20. The maximum absolute atomic E-state index is 14.5. The Hall–Kier alpha value is -4.33. The van der Waals surface area contributed by atoms with Crippen LogP contribution in [0.25, 0.3) is 0 Å². The predicted octanol–water partition coefficient (Wildman–Crippen LogP) is 5.55. The number of carbonyl (C=O) groups is 2. The molecule has 0 aliphatic rings. The van der Waals surface area contributed by atoms with Crippen molar-refractivity contribution in [1.82, 2.24) is 5.32 Å². The molecule has 5 aromatic rings. The van der Waals surface area contributed by atoms with Crippen molar-refractivity contribution in [3.05, 3.63) is 163 Å². The van der Waals surface area contributed by atoms with Crippen LogP contribution in [0.4, 0.5) is 0 Å². The summed E-state index contributed by atoms with van der Waals surface area (Å²) in [7, 11) is -2.73. The van der Waals surface area contributed by atoms with Crippen molar-refractivity contribution in [2.45, 2.75) is 12.2 Å². The van der Waals surface area contributed by atoms with Crippen LogP contribution in [0.1, 0.15) is 15.9 Å². The first-order valence-corrected chi connectivity index (χ1v) is 14.5. The molecule has 0 saturated heterocycles. The van der Waals surface area contributed by atoms with E-state index in [0.29, 0.717) is 5.56 Å². The number of nitrogens with one attached hydrogen (secondary N) is 1. The van der Waals surface area contributed by atoms with Gasteiger partial charge in [0.2, 0.25) is 17.5 Å². The van der Waals surface area contributed by atoms with E-state index in [2.05, 4.69) is 41.7 Å². The summed E-state index contributed by atoms with van der Waals surface area (Å²) in [5, 5.41) is 6.36. The minimum absolute atomic E-state index is 0.100. The highest BCUT2D eigenvalue weighted by Crippen LogP contribution is 2.59. The highest BCUT2D eigenvalue weighted by Gasteiger charge is 2.56. The first kappa shape index (κ1) is 25.3. The fourth-order valence-electron chi connectivity index (χ4n) is 4.97. The number of benzene rings is 5. The van der Waals surface area contributed by atoms with E-state index in [-0.39, 0.29) is 18.1 Å². The minimum atomic E-state index is -2.73. The smallest absolute Gasteiger partial charge is 0.227 e. The molecule has 0 aromatic heterocycles. The molecule has 0 aliphatic heterocycles. The lowest BCUT2D eigenvalue weighted by atomic mass is 10.1. The maximum Gasteiger partial charge on any atom is 0.227 e. The van der Waals surface area contributed by atoms with Gasteiger partial charge >= 0.3 is 0 Å². The van der Waals surface area contributed by atoms with E-state index in [0.717, 1.165) is 21.5 Å². The molecule has 0 saturated carbocycles. The van der Waals surface area contributed by atoms with Crippen LogP contribution in [-0.2, 0) is 11.2 Å². The molecule has 1 atom stereocenters. The van der Waals surface area contributed by atoms with Crippen LogP contribution in [0.3, 0.4) is 0 Å². The highest BCUT2D eigenvalue weighted by molar-refractivity contribution is 7.96. The average Bonchev–Trinajstić information content (AvgIpc) is 2.99. The van der Waals surface area contributed by atoms with E-state index >= 15 is 0 Å². The zero-order valence-corrected chi connectivity index (χ0v) is 21.9. The number of amides is 1. The van der Waals surface area contributed by atoms with Crippen molar-refractivity contribution in [3.63, 3.8) is 0 Å². The normalized spacial score (nSPS) is 11.9. The molecule has 5 rings (SSSR count). The van der Waals surface area contributed by atoms with E-state index < -0.39 is 13.0 Å². The second kappa shape index (κ2) is 11.8. The molecule has 0 heterocycles. The Morgan fingerprint density at radius 1 is 0.526 bits per heavy atom. The van der Waals surface area contributed by atoms with Gasteiger partial charge in [-0.15, -0.1) is 0 Å². The van der Waals surface area contributed by atoms with Crippen molar-refractivity contribution >= 4 is 34.9 Å². The Kier molecular flexibility index (Phi) is 7.87. The molecule has 3 nitrogen and oxygen atoms in total. The second-order valence-electron chi connectivity index (χ2n) is 9.09. The number of ketones is 1. The Labute approximate surface area is 224 Å². The standard InChI is InChI=1S/C34H28NO2P/c36-32(26-27-16-6-1-7-17-27)35-34(33(37)28-18-8-2-9-19-28)38(29-20-10-3-11-21-29,30-22-12-4-13-23-30)31-24-14-5-15-25-31/h1-25,34H,26H2/p+1. The van der Waals surface area contributed by atoms with Gasteiger partial charge in [-0.2, -0.15) is 0 Å². The minimum Gasteiger partial charge on any atom is -0.314 e. The number of Topliss-reactive ketones (excluding diaryl/α,β-unsaturated/α-hetero) is 1. The SMILES string of the molecule is O=C(Cc1ccccc1)NC(C(=O)c1ccccc1)[P+](c1ccccc1)(c1ccccc1)c1ccccc1. The Morgan fingerprint density at radius 2 is 0.895 bits per heavy atom. The molecule has 186 valence electrons. The molecule has 38 heavy (non-hydrogen) atoms. The molecule has 0 radical (unpaired) electrons. The Morgan fingerprint density at radius 3 is 1.32 bits per heavy atom. The Balaban J connectivity index is 1.75. The van der Waals surface area contributed by atoms with Crippen LogP contribution >= 0.6 is 7.26 Å². The van der Waals surface area contributed by atoms with Gasteiger partial charge < -0.3 is 5.32 Å². The van der Waals surface area contributed by atoms with Gasteiger partial charge in [-0.25, -0.2) is 0 Å². The average molecular weight is 515 g/mol. The summed E-state index contributed by atoms with van der Waals surface area (Å²) < 4.78 is 0. The van der Waals surface area contributed by atoms with Gasteiger partial charge in [-0.3, -0.25) is 9.59 Å². The fraction of sp³-hybridized carbons (Fsp3) is 0.0588. The van der Waals surface area contributed by atoms with Gasteiger partial charge in [0.1, 0.15) is 23.2 Å². The van der Waals surface area contributed by atoms with Gasteiger partial charge in [0, 0.05) is 5.56 Å². The fourth-order valence-corrected chi connectivity index (χ4v) is 9.52. The second-order valence-corrected chi connectivity index (χ2v) is 12.6. The topological polar surface area (TPSA) is 46.2 Å². The van der Waals surface area contributed by atoms with Gasteiger partial charge in [0.15, 0.2) is 0 Å². The van der Waals surface area contributed by atoms with E-state index in [4.69, 9.17) is 0 Å². The lowest BCUT2D eigenvalue weighted by Gasteiger charge is -2.34. The van der Waals surface area contributed by atoms with Gasteiger partial charge in [-0.1, -0.05) is 115 Å². The molecule has 1 unspecified atom stereocenters. The monoisotopic (exact) mass is 514 g/mol. The zero-order chi connectivity index (χ0) is 26.2. The quantitative estimate of drug-likeness (QED) is 0.207. The van der Waals surface area contributed by atoms with Crippen molar-refractivity contribution in [1.29, 1.82) is 0 Å². The highest BCUT2D eigenvalue weighted by atomic mass is 31.2. The molecular formula is C34H29NO2P+. The molecule has 0 bridgehead atoms. The lowest BCUT2D eigenvalue weighted by molar-refractivity contribution is -0.120. The molecule has 0 fully saturated rings. The number of hydrogen-bond donors (Lipinski definition) is 1. The summed E-state index contributed by atoms with van der Waals surface area (Å²) in [6.07, 6.45) is 0.192. The summed E-state index contributed by atoms with van der Waals surface area (Å²) in [6.45, 7) is 0. The predicted molar refractivity (Wildman–Crippen MR) is 158 cm³/mol. The van der Waals surface area contributed by atoms with Crippen LogP contribution in [0.15, 0.2) is 152 Å². The summed E-state index contributed by atoms with van der Waals surface area (Å²) in [4.78, 5) is 28.2. The summed E-state index contributed by atoms with van der Waals surface area (Å²) in [5.41, 5.74) is 1.48. The van der Waals surface area contributed by atoms with Gasteiger partial charge in [-0.05, 0) is 42.0 Å². The van der Waals surface area contributed by atoms with E-state index in [1.54, 1.807) is 0 Å².